The summed E-state index contributed by atoms with van der Waals surface area (Å²) in [6.07, 6.45) is 4.02. The lowest BCUT2D eigenvalue weighted by atomic mass is 9.98. The van der Waals surface area contributed by atoms with Crippen LogP contribution in [0.15, 0.2) is 86.0 Å². The van der Waals surface area contributed by atoms with Crippen molar-refractivity contribution in [1.82, 2.24) is 10.6 Å². The highest BCUT2D eigenvalue weighted by molar-refractivity contribution is 5.86. The van der Waals surface area contributed by atoms with Crippen molar-refractivity contribution in [2.24, 2.45) is 5.92 Å². The zero-order chi connectivity index (χ0) is 26.2. The number of hydrogen-bond donors (Lipinski definition) is 3. The lowest BCUT2D eigenvalue weighted by Crippen LogP contribution is -2.42. The molecule has 7 heteroatoms. The number of aliphatic hydroxyl groups excluding tert-OH is 1. The summed E-state index contributed by atoms with van der Waals surface area (Å²) in [6.45, 7) is 7.18. The maximum Gasteiger partial charge on any atom is 0.306 e. The Morgan fingerprint density at radius 3 is 2.25 bits per heavy atom. The normalized spacial score (nSPS) is 13.0. The SMILES string of the molecule is C=CCCC(=O)O[C@@H](CNC(=O)[C@@H](CC=C)CC(=O)N[C@@H](CO)Cc1ccccc1)c1ccccc1. The van der Waals surface area contributed by atoms with Crippen molar-refractivity contribution in [3.8, 4) is 0 Å². The van der Waals surface area contributed by atoms with Crippen LogP contribution in [-0.4, -0.2) is 42.1 Å². The molecule has 0 aliphatic heterocycles. The van der Waals surface area contributed by atoms with E-state index >= 15 is 0 Å². The van der Waals surface area contributed by atoms with Crippen molar-refractivity contribution >= 4 is 17.8 Å². The van der Waals surface area contributed by atoms with E-state index in [2.05, 4.69) is 23.8 Å². The lowest BCUT2D eigenvalue weighted by Gasteiger charge is -2.22. The molecule has 0 saturated carbocycles. The van der Waals surface area contributed by atoms with E-state index < -0.39 is 18.1 Å². The Labute approximate surface area is 213 Å². The molecule has 2 amide bonds. The number of hydrogen-bond acceptors (Lipinski definition) is 5. The molecule has 36 heavy (non-hydrogen) atoms. The van der Waals surface area contributed by atoms with Gasteiger partial charge in [-0.2, -0.15) is 0 Å². The molecule has 0 spiro atoms. The second kappa shape index (κ2) is 16.1. The van der Waals surface area contributed by atoms with E-state index in [1.807, 2.05) is 60.7 Å². The fraction of sp³-hybridized carbons (Fsp3) is 0.345. The van der Waals surface area contributed by atoms with Crippen LogP contribution in [0.4, 0.5) is 0 Å². The van der Waals surface area contributed by atoms with Gasteiger partial charge in [-0.15, -0.1) is 13.2 Å². The third-order valence-electron chi connectivity index (χ3n) is 5.62. The maximum atomic E-state index is 13.0. The van der Waals surface area contributed by atoms with Crippen LogP contribution in [-0.2, 0) is 25.5 Å². The molecule has 3 N–H and O–H groups in total. The average Bonchev–Trinajstić information content (AvgIpc) is 2.90. The van der Waals surface area contributed by atoms with E-state index in [-0.39, 0.29) is 43.8 Å². The van der Waals surface area contributed by atoms with Gasteiger partial charge in [0.25, 0.3) is 0 Å². The Balaban J connectivity index is 1.97. The quantitative estimate of drug-likeness (QED) is 0.245. The number of rotatable bonds is 16. The smallest absolute Gasteiger partial charge is 0.306 e. The third kappa shape index (κ3) is 10.3. The van der Waals surface area contributed by atoms with Crippen molar-refractivity contribution in [3.05, 3.63) is 97.1 Å². The molecule has 0 fully saturated rings. The van der Waals surface area contributed by atoms with Gasteiger partial charge in [-0.1, -0.05) is 72.8 Å². The first-order valence-corrected chi connectivity index (χ1v) is 12.1. The minimum atomic E-state index is -0.657. The number of carbonyl (C=O) groups excluding carboxylic acids is 3. The molecule has 2 rings (SSSR count). The van der Waals surface area contributed by atoms with Crippen LogP contribution >= 0.6 is 0 Å². The first kappa shape index (κ1) is 28.5. The Hall–Kier alpha value is -3.71. The van der Waals surface area contributed by atoms with Crippen LogP contribution in [0, 0.1) is 5.92 Å². The summed E-state index contributed by atoms with van der Waals surface area (Å²) in [6, 6.07) is 18.3. The predicted octanol–water partition coefficient (Wildman–Crippen LogP) is 3.66. The lowest BCUT2D eigenvalue weighted by molar-refractivity contribution is -0.150. The van der Waals surface area contributed by atoms with Crippen molar-refractivity contribution < 1.29 is 24.2 Å². The molecular formula is C29H36N2O5. The van der Waals surface area contributed by atoms with Gasteiger partial charge in [0, 0.05) is 12.8 Å². The number of esters is 1. The monoisotopic (exact) mass is 492 g/mol. The molecule has 0 aromatic heterocycles. The number of amides is 2. The Bertz CT molecular complexity index is 978. The van der Waals surface area contributed by atoms with Crippen molar-refractivity contribution in [2.45, 2.75) is 44.2 Å². The van der Waals surface area contributed by atoms with E-state index in [4.69, 9.17) is 4.74 Å². The number of ether oxygens (including phenoxy) is 1. The van der Waals surface area contributed by atoms with Crippen LogP contribution in [0.3, 0.4) is 0 Å². The average molecular weight is 493 g/mol. The van der Waals surface area contributed by atoms with E-state index in [1.165, 1.54) is 0 Å². The minimum Gasteiger partial charge on any atom is -0.456 e. The van der Waals surface area contributed by atoms with Crippen LogP contribution in [0.25, 0.3) is 0 Å². The fourth-order valence-electron chi connectivity index (χ4n) is 3.72. The summed E-state index contributed by atoms with van der Waals surface area (Å²) in [5.41, 5.74) is 1.75. The molecule has 7 nitrogen and oxygen atoms in total. The molecule has 0 bridgehead atoms. The Kier molecular flexibility index (Phi) is 12.7. The molecule has 0 saturated heterocycles. The predicted molar refractivity (Wildman–Crippen MR) is 140 cm³/mol. The number of carbonyl (C=O) groups is 3. The van der Waals surface area contributed by atoms with Crippen LogP contribution in [0.5, 0.6) is 0 Å². The zero-order valence-corrected chi connectivity index (χ0v) is 20.6. The van der Waals surface area contributed by atoms with Crippen LogP contribution in [0.2, 0.25) is 0 Å². The topological polar surface area (TPSA) is 105 Å². The molecule has 2 aromatic rings. The van der Waals surface area contributed by atoms with Crippen LogP contribution in [0.1, 0.15) is 42.9 Å². The van der Waals surface area contributed by atoms with Gasteiger partial charge in [-0.05, 0) is 30.4 Å². The van der Waals surface area contributed by atoms with Gasteiger partial charge in [-0.25, -0.2) is 0 Å². The highest BCUT2D eigenvalue weighted by Gasteiger charge is 2.24. The number of nitrogens with one attached hydrogen (secondary N) is 2. The van der Waals surface area contributed by atoms with Gasteiger partial charge < -0.3 is 20.5 Å². The van der Waals surface area contributed by atoms with Gasteiger partial charge in [0.2, 0.25) is 11.8 Å². The van der Waals surface area contributed by atoms with E-state index in [1.54, 1.807) is 12.2 Å². The first-order chi connectivity index (χ1) is 17.5. The van der Waals surface area contributed by atoms with Crippen molar-refractivity contribution in [1.29, 1.82) is 0 Å². The van der Waals surface area contributed by atoms with Gasteiger partial charge >= 0.3 is 5.97 Å². The van der Waals surface area contributed by atoms with Gasteiger partial charge in [0.1, 0.15) is 6.10 Å². The van der Waals surface area contributed by atoms with E-state index in [0.717, 1.165) is 11.1 Å². The zero-order valence-electron chi connectivity index (χ0n) is 20.6. The number of benzene rings is 2. The first-order valence-electron chi connectivity index (χ1n) is 12.1. The molecule has 0 radical (unpaired) electrons. The largest absolute Gasteiger partial charge is 0.456 e. The number of allylic oxidation sites excluding steroid dienone is 2. The highest BCUT2D eigenvalue weighted by Crippen LogP contribution is 2.19. The maximum absolute atomic E-state index is 13.0. The molecule has 0 aliphatic carbocycles. The molecule has 0 heterocycles. The van der Waals surface area contributed by atoms with Crippen molar-refractivity contribution in [3.63, 3.8) is 0 Å². The summed E-state index contributed by atoms with van der Waals surface area (Å²) < 4.78 is 5.60. The van der Waals surface area contributed by atoms with E-state index in [9.17, 15) is 19.5 Å². The van der Waals surface area contributed by atoms with Crippen molar-refractivity contribution in [2.75, 3.05) is 13.2 Å². The molecule has 2 aromatic carbocycles. The van der Waals surface area contributed by atoms with Crippen LogP contribution < -0.4 is 10.6 Å². The second-order valence-electron chi connectivity index (χ2n) is 8.52. The third-order valence-corrected chi connectivity index (χ3v) is 5.62. The van der Waals surface area contributed by atoms with E-state index in [0.29, 0.717) is 19.3 Å². The van der Waals surface area contributed by atoms with Gasteiger partial charge in [-0.3, -0.25) is 14.4 Å². The number of aliphatic hydroxyl groups is 1. The highest BCUT2D eigenvalue weighted by atomic mass is 16.5. The molecule has 0 aliphatic rings. The standard InChI is InChI=1S/C29H36N2O5/c1-3-5-17-28(34)36-26(23-15-10-7-11-16-23)20-30-29(35)24(12-4-2)19-27(33)31-25(21-32)18-22-13-8-6-9-14-22/h3-4,6-11,13-16,24-26,32H,1-2,5,12,17-21H2,(H,30,35)(H,31,33)/t24-,25+,26-/m0/s1. The summed E-state index contributed by atoms with van der Waals surface area (Å²) in [4.78, 5) is 37.9. The summed E-state index contributed by atoms with van der Waals surface area (Å²) >= 11 is 0. The molecular weight excluding hydrogens is 456 g/mol. The second-order valence-corrected chi connectivity index (χ2v) is 8.52. The molecule has 0 unspecified atom stereocenters. The van der Waals surface area contributed by atoms with Gasteiger partial charge in [0.05, 0.1) is 25.1 Å². The minimum absolute atomic E-state index is 0.0573. The summed E-state index contributed by atoms with van der Waals surface area (Å²) in [5.74, 6) is -1.70. The fourth-order valence-corrected chi connectivity index (χ4v) is 3.72. The molecule has 192 valence electrons. The summed E-state index contributed by atoms with van der Waals surface area (Å²) in [5, 5.41) is 15.3. The Morgan fingerprint density at radius 2 is 1.64 bits per heavy atom. The Morgan fingerprint density at radius 1 is 0.972 bits per heavy atom. The van der Waals surface area contributed by atoms with Gasteiger partial charge in [0.15, 0.2) is 0 Å². The molecule has 3 atom stereocenters. The summed E-state index contributed by atoms with van der Waals surface area (Å²) in [7, 11) is 0.